The van der Waals surface area contributed by atoms with Gasteiger partial charge in [0.05, 0.1) is 19.8 Å². The number of urea groups is 1. The minimum absolute atomic E-state index is 0.0702. The molecule has 1 saturated heterocycles. The number of fused-ring (bicyclic) bond motifs is 1. The third-order valence-corrected chi connectivity index (χ3v) is 5.87. The van der Waals surface area contributed by atoms with Crippen molar-refractivity contribution in [1.29, 1.82) is 0 Å². The largest absolute Gasteiger partial charge is 0.490 e. The molecule has 0 unspecified atom stereocenters. The number of nitrogens with zero attached hydrogens (tertiary/aromatic N) is 1. The van der Waals surface area contributed by atoms with E-state index in [1.54, 1.807) is 18.2 Å². The van der Waals surface area contributed by atoms with Gasteiger partial charge in [0.15, 0.2) is 17.3 Å². The molecular formula is C20H24N2O5. The summed E-state index contributed by atoms with van der Waals surface area (Å²) in [6, 6.07) is 4.49. The summed E-state index contributed by atoms with van der Waals surface area (Å²) in [5, 5.41) is 2.87. The second kappa shape index (κ2) is 6.87. The Labute approximate surface area is 158 Å². The van der Waals surface area contributed by atoms with Gasteiger partial charge < -0.3 is 14.8 Å². The molecule has 0 aromatic heterocycles. The van der Waals surface area contributed by atoms with Crippen LogP contribution in [0, 0.1) is 5.92 Å². The molecule has 0 bridgehead atoms. The van der Waals surface area contributed by atoms with Crippen molar-refractivity contribution in [2.75, 3.05) is 19.8 Å². The van der Waals surface area contributed by atoms with E-state index < -0.39 is 11.6 Å². The Kier molecular flexibility index (Phi) is 4.53. The smallest absolute Gasteiger partial charge is 0.325 e. The van der Waals surface area contributed by atoms with E-state index >= 15 is 0 Å². The molecule has 1 spiro atoms. The van der Waals surface area contributed by atoms with Gasteiger partial charge in [0.1, 0.15) is 5.54 Å². The second-order valence-electron chi connectivity index (χ2n) is 7.57. The molecular weight excluding hydrogens is 348 g/mol. The number of amides is 3. The zero-order valence-electron chi connectivity index (χ0n) is 15.5. The molecule has 2 fully saturated rings. The van der Waals surface area contributed by atoms with Gasteiger partial charge in [-0.1, -0.05) is 19.8 Å². The van der Waals surface area contributed by atoms with Crippen LogP contribution in [0.15, 0.2) is 18.2 Å². The van der Waals surface area contributed by atoms with Gasteiger partial charge in [-0.15, -0.1) is 0 Å². The normalized spacial score (nSPS) is 27.4. The molecule has 2 aliphatic heterocycles. The van der Waals surface area contributed by atoms with E-state index in [0.717, 1.165) is 30.6 Å². The van der Waals surface area contributed by atoms with Crippen molar-refractivity contribution < 1.29 is 23.9 Å². The number of hydrogen-bond acceptors (Lipinski definition) is 5. The average molecular weight is 372 g/mol. The summed E-state index contributed by atoms with van der Waals surface area (Å²) < 4.78 is 11.2. The Bertz CT molecular complexity index is 793. The van der Waals surface area contributed by atoms with Crippen LogP contribution < -0.4 is 14.8 Å². The highest BCUT2D eigenvalue weighted by atomic mass is 16.5. The minimum Gasteiger partial charge on any atom is -0.490 e. The molecule has 1 N–H and O–H groups in total. The third-order valence-electron chi connectivity index (χ3n) is 5.87. The number of ketones is 1. The van der Waals surface area contributed by atoms with Crippen LogP contribution in [0.25, 0.3) is 0 Å². The first-order valence-electron chi connectivity index (χ1n) is 9.58. The van der Waals surface area contributed by atoms with E-state index in [-0.39, 0.29) is 24.2 Å². The maximum atomic E-state index is 13.0. The topological polar surface area (TPSA) is 84.9 Å². The Balaban J connectivity index is 1.52. The lowest BCUT2D eigenvalue weighted by atomic mass is 9.73. The van der Waals surface area contributed by atoms with E-state index in [1.807, 2.05) is 6.92 Å². The van der Waals surface area contributed by atoms with Crippen LogP contribution in [-0.4, -0.2) is 47.9 Å². The van der Waals surface area contributed by atoms with Crippen molar-refractivity contribution in [3.63, 3.8) is 0 Å². The quantitative estimate of drug-likeness (QED) is 0.651. The monoisotopic (exact) mass is 372 g/mol. The highest BCUT2D eigenvalue weighted by molar-refractivity contribution is 6.11. The molecule has 0 radical (unpaired) electrons. The number of hydrogen-bond donors (Lipinski definition) is 1. The number of imide groups is 1. The highest BCUT2D eigenvalue weighted by Crippen LogP contribution is 2.38. The fourth-order valence-electron chi connectivity index (χ4n) is 4.21. The molecule has 144 valence electrons. The van der Waals surface area contributed by atoms with Crippen LogP contribution in [0.4, 0.5) is 4.79 Å². The number of carbonyl (C=O) groups is 3. The number of benzene rings is 1. The lowest BCUT2D eigenvalue weighted by molar-refractivity contribution is -0.133. The van der Waals surface area contributed by atoms with E-state index in [4.69, 9.17) is 9.47 Å². The van der Waals surface area contributed by atoms with Crippen molar-refractivity contribution in [2.45, 2.75) is 44.6 Å². The number of Topliss-reactive ketones (excluding diaryl/α,β-unsaturated/α-hetero) is 1. The Morgan fingerprint density at radius 3 is 2.74 bits per heavy atom. The van der Waals surface area contributed by atoms with Crippen molar-refractivity contribution in [2.24, 2.45) is 5.92 Å². The van der Waals surface area contributed by atoms with E-state index in [1.165, 1.54) is 0 Å². The van der Waals surface area contributed by atoms with Gasteiger partial charge >= 0.3 is 6.03 Å². The van der Waals surface area contributed by atoms with Gasteiger partial charge in [-0.2, -0.15) is 0 Å². The molecule has 2 heterocycles. The van der Waals surface area contributed by atoms with E-state index in [0.29, 0.717) is 36.7 Å². The fraction of sp³-hybridized carbons (Fsp3) is 0.550. The first kappa shape index (κ1) is 17.8. The molecule has 4 rings (SSSR count). The van der Waals surface area contributed by atoms with Crippen LogP contribution in [-0.2, 0) is 4.79 Å². The zero-order chi connectivity index (χ0) is 19.0. The first-order valence-corrected chi connectivity index (χ1v) is 9.58. The number of ether oxygens (including phenoxy) is 2. The number of carbonyl (C=O) groups excluding carboxylic acids is 3. The average Bonchev–Trinajstić information content (AvgIpc) is 2.83. The van der Waals surface area contributed by atoms with Crippen LogP contribution in [0.3, 0.4) is 0 Å². The van der Waals surface area contributed by atoms with E-state index in [2.05, 4.69) is 5.32 Å². The lowest BCUT2D eigenvalue weighted by Crippen LogP contribution is -2.54. The molecule has 3 aliphatic rings. The predicted octanol–water partition coefficient (Wildman–Crippen LogP) is 2.53. The van der Waals surface area contributed by atoms with Crippen LogP contribution in [0.5, 0.6) is 11.5 Å². The molecule has 2 atom stereocenters. The SMILES string of the molecule is C[C@@H]1CCCC[C@]12NC(=O)N(CC(=O)c1ccc3c(c1)OCCCO3)C2=O. The summed E-state index contributed by atoms with van der Waals surface area (Å²) in [5.41, 5.74) is -0.446. The van der Waals surface area contributed by atoms with Gasteiger partial charge in [0.2, 0.25) is 0 Å². The number of nitrogens with one attached hydrogen (secondary N) is 1. The summed E-state index contributed by atoms with van der Waals surface area (Å²) in [7, 11) is 0. The summed E-state index contributed by atoms with van der Waals surface area (Å²) >= 11 is 0. The van der Waals surface area contributed by atoms with Crippen molar-refractivity contribution in [1.82, 2.24) is 10.2 Å². The van der Waals surface area contributed by atoms with Gasteiger partial charge in [-0.3, -0.25) is 14.5 Å². The van der Waals surface area contributed by atoms with Crippen LogP contribution in [0.1, 0.15) is 49.4 Å². The first-order chi connectivity index (χ1) is 13.0. The van der Waals surface area contributed by atoms with Crippen molar-refractivity contribution in [3.8, 4) is 11.5 Å². The van der Waals surface area contributed by atoms with Gasteiger partial charge in [-0.05, 0) is 37.0 Å². The van der Waals surface area contributed by atoms with Gasteiger partial charge in [0.25, 0.3) is 5.91 Å². The minimum atomic E-state index is -0.847. The molecule has 1 aromatic rings. The van der Waals surface area contributed by atoms with Crippen molar-refractivity contribution >= 4 is 17.7 Å². The molecule has 7 nitrogen and oxygen atoms in total. The maximum Gasteiger partial charge on any atom is 0.325 e. The molecule has 1 saturated carbocycles. The Morgan fingerprint density at radius 1 is 1.19 bits per heavy atom. The van der Waals surface area contributed by atoms with Crippen LogP contribution in [0.2, 0.25) is 0 Å². The lowest BCUT2D eigenvalue weighted by Gasteiger charge is -2.36. The fourth-order valence-corrected chi connectivity index (χ4v) is 4.21. The molecule has 7 heteroatoms. The standard InChI is InChI=1S/C20H24N2O5/c1-13-5-2-3-8-20(13)18(24)22(19(25)21-20)12-15(23)14-6-7-16-17(11-14)27-10-4-9-26-16/h6-7,11,13H,2-5,8-10,12H2,1H3,(H,21,25)/t13-,20+/m1/s1. The summed E-state index contributed by atoms with van der Waals surface area (Å²) in [5.74, 6) is 0.625. The summed E-state index contributed by atoms with van der Waals surface area (Å²) in [6.07, 6.45) is 4.27. The summed E-state index contributed by atoms with van der Waals surface area (Å²) in [4.78, 5) is 39.2. The second-order valence-corrected chi connectivity index (χ2v) is 7.57. The molecule has 1 aromatic carbocycles. The summed E-state index contributed by atoms with van der Waals surface area (Å²) in [6.45, 7) is 2.83. The zero-order valence-corrected chi connectivity index (χ0v) is 15.5. The predicted molar refractivity (Wildman–Crippen MR) is 97.0 cm³/mol. The maximum absolute atomic E-state index is 13.0. The Morgan fingerprint density at radius 2 is 1.96 bits per heavy atom. The van der Waals surface area contributed by atoms with Gasteiger partial charge in [0, 0.05) is 12.0 Å². The third kappa shape index (κ3) is 3.05. The molecule has 3 amide bonds. The van der Waals surface area contributed by atoms with E-state index in [9.17, 15) is 14.4 Å². The molecule has 1 aliphatic carbocycles. The van der Waals surface area contributed by atoms with Crippen molar-refractivity contribution in [3.05, 3.63) is 23.8 Å². The molecule has 27 heavy (non-hydrogen) atoms. The highest BCUT2D eigenvalue weighted by Gasteiger charge is 2.55. The Hall–Kier alpha value is -2.57. The van der Waals surface area contributed by atoms with Gasteiger partial charge in [-0.25, -0.2) is 4.79 Å². The van der Waals surface area contributed by atoms with Crippen LogP contribution >= 0.6 is 0 Å². The number of rotatable bonds is 3.